The van der Waals surface area contributed by atoms with E-state index in [1.807, 2.05) is 67.6 Å². The van der Waals surface area contributed by atoms with Crippen molar-refractivity contribution in [3.05, 3.63) is 71.8 Å². The second kappa shape index (κ2) is 8.11. The lowest BCUT2D eigenvalue weighted by Gasteiger charge is -2.29. The van der Waals surface area contributed by atoms with Crippen molar-refractivity contribution in [1.82, 2.24) is 0 Å². The number of carbonyl (C=O) groups excluding carboxylic acids is 1. The zero-order chi connectivity index (χ0) is 17.6. The van der Waals surface area contributed by atoms with Crippen molar-refractivity contribution in [1.29, 1.82) is 0 Å². The third kappa shape index (κ3) is 4.04. The molecule has 0 aliphatic rings. The molecular formula is C21H28NO2+. The molecule has 0 spiro atoms. The SMILES string of the molecule is CC(C)[NH+](C)CCOC(=O)C(C)(c1ccccc1)c1ccccc1. The molecule has 0 bridgehead atoms. The van der Waals surface area contributed by atoms with E-state index in [-0.39, 0.29) is 5.97 Å². The first-order valence-corrected chi connectivity index (χ1v) is 8.57. The van der Waals surface area contributed by atoms with E-state index in [2.05, 4.69) is 20.9 Å². The number of likely N-dealkylation sites (N-methyl/N-ethyl adjacent to an activating group) is 1. The van der Waals surface area contributed by atoms with Crippen molar-refractivity contribution < 1.29 is 14.4 Å². The van der Waals surface area contributed by atoms with Crippen LogP contribution in [0.2, 0.25) is 0 Å². The summed E-state index contributed by atoms with van der Waals surface area (Å²) in [5.41, 5.74) is 1.10. The standard InChI is InChI=1S/C21H27NO2/c1-17(2)22(4)15-16-24-20(23)21(3,18-11-7-5-8-12-18)19-13-9-6-10-14-19/h5-14,17H,15-16H2,1-4H3/p+1. The first-order valence-electron chi connectivity index (χ1n) is 8.57. The summed E-state index contributed by atoms with van der Waals surface area (Å²) in [6, 6.07) is 20.2. The summed E-state index contributed by atoms with van der Waals surface area (Å²) in [6.45, 7) is 7.50. The lowest BCUT2D eigenvalue weighted by atomic mass is 9.76. The Hall–Kier alpha value is -2.13. The molecule has 1 atom stereocenters. The predicted molar refractivity (Wildman–Crippen MR) is 97.2 cm³/mol. The molecule has 2 aromatic carbocycles. The summed E-state index contributed by atoms with van der Waals surface area (Å²) < 4.78 is 5.68. The van der Waals surface area contributed by atoms with Crippen molar-refractivity contribution in [2.75, 3.05) is 20.2 Å². The molecule has 0 saturated carbocycles. The van der Waals surface area contributed by atoms with Crippen molar-refractivity contribution >= 4 is 5.97 Å². The summed E-state index contributed by atoms with van der Waals surface area (Å²) in [5.74, 6) is -0.198. The molecule has 0 aromatic heterocycles. The number of quaternary nitrogens is 1. The summed E-state index contributed by atoms with van der Waals surface area (Å²) in [5, 5.41) is 0. The lowest BCUT2D eigenvalue weighted by Crippen LogP contribution is -3.12. The molecule has 0 radical (unpaired) electrons. The largest absolute Gasteiger partial charge is 0.459 e. The molecule has 0 aliphatic carbocycles. The van der Waals surface area contributed by atoms with Gasteiger partial charge in [0, 0.05) is 0 Å². The maximum atomic E-state index is 13.0. The van der Waals surface area contributed by atoms with Gasteiger partial charge in [0.15, 0.2) is 0 Å². The monoisotopic (exact) mass is 326 g/mol. The number of ether oxygens (including phenoxy) is 1. The fraction of sp³-hybridized carbons (Fsp3) is 0.381. The van der Waals surface area contributed by atoms with Gasteiger partial charge in [-0.3, -0.25) is 4.79 Å². The Morgan fingerprint density at radius 2 is 1.46 bits per heavy atom. The fourth-order valence-electron chi connectivity index (χ4n) is 2.68. The molecule has 0 aliphatic heterocycles. The van der Waals surface area contributed by atoms with E-state index in [4.69, 9.17) is 4.74 Å². The van der Waals surface area contributed by atoms with E-state index >= 15 is 0 Å². The highest BCUT2D eigenvalue weighted by Gasteiger charge is 2.38. The Morgan fingerprint density at radius 1 is 1.00 bits per heavy atom. The first-order chi connectivity index (χ1) is 11.5. The normalized spacial score (nSPS) is 12.9. The van der Waals surface area contributed by atoms with Crippen molar-refractivity contribution in [3.8, 4) is 0 Å². The van der Waals surface area contributed by atoms with E-state index in [0.717, 1.165) is 17.7 Å². The highest BCUT2D eigenvalue weighted by atomic mass is 16.5. The van der Waals surface area contributed by atoms with Crippen LogP contribution < -0.4 is 4.90 Å². The number of rotatable bonds is 7. The molecule has 3 nitrogen and oxygen atoms in total. The Bertz CT molecular complexity index is 598. The number of nitrogens with one attached hydrogen (secondary N) is 1. The molecule has 0 saturated heterocycles. The molecule has 2 aromatic rings. The summed E-state index contributed by atoms with van der Waals surface area (Å²) in [4.78, 5) is 14.3. The fourth-order valence-corrected chi connectivity index (χ4v) is 2.68. The van der Waals surface area contributed by atoms with Crippen LogP contribution in [0.1, 0.15) is 31.9 Å². The van der Waals surface area contributed by atoms with Crippen molar-refractivity contribution in [3.63, 3.8) is 0 Å². The van der Waals surface area contributed by atoms with Gasteiger partial charge in [-0.15, -0.1) is 0 Å². The second-order valence-electron chi connectivity index (χ2n) is 6.74. The number of hydrogen-bond donors (Lipinski definition) is 1. The van der Waals surface area contributed by atoms with Gasteiger partial charge >= 0.3 is 5.97 Å². The van der Waals surface area contributed by atoms with Gasteiger partial charge < -0.3 is 9.64 Å². The minimum Gasteiger partial charge on any atom is -0.459 e. The maximum Gasteiger partial charge on any atom is 0.321 e. The topological polar surface area (TPSA) is 30.7 Å². The zero-order valence-corrected chi connectivity index (χ0v) is 15.1. The highest BCUT2D eigenvalue weighted by Crippen LogP contribution is 2.33. The van der Waals surface area contributed by atoms with Crippen LogP contribution in [0, 0.1) is 0 Å². The van der Waals surface area contributed by atoms with Crippen LogP contribution in [0.25, 0.3) is 0 Å². The van der Waals surface area contributed by atoms with E-state index in [0.29, 0.717) is 12.6 Å². The van der Waals surface area contributed by atoms with Crippen LogP contribution in [0.3, 0.4) is 0 Å². The van der Waals surface area contributed by atoms with Gasteiger partial charge in [0.25, 0.3) is 0 Å². The molecular weight excluding hydrogens is 298 g/mol. The number of carbonyl (C=O) groups is 1. The Labute approximate surface area is 145 Å². The number of benzene rings is 2. The number of esters is 1. The average Bonchev–Trinajstić information content (AvgIpc) is 2.62. The Kier molecular flexibility index (Phi) is 6.16. The third-order valence-electron chi connectivity index (χ3n) is 4.83. The van der Waals surface area contributed by atoms with Gasteiger partial charge in [-0.1, -0.05) is 60.7 Å². The van der Waals surface area contributed by atoms with Gasteiger partial charge in [0.1, 0.15) is 18.6 Å². The van der Waals surface area contributed by atoms with E-state index in [1.165, 1.54) is 4.90 Å². The number of hydrogen-bond acceptors (Lipinski definition) is 2. The van der Waals surface area contributed by atoms with Crippen LogP contribution in [-0.4, -0.2) is 32.2 Å². The van der Waals surface area contributed by atoms with Crippen LogP contribution >= 0.6 is 0 Å². The molecule has 24 heavy (non-hydrogen) atoms. The van der Waals surface area contributed by atoms with Crippen molar-refractivity contribution in [2.24, 2.45) is 0 Å². The molecule has 1 N–H and O–H groups in total. The second-order valence-corrected chi connectivity index (χ2v) is 6.74. The zero-order valence-electron chi connectivity index (χ0n) is 15.1. The van der Waals surface area contributed by atoms with Crippen LogP contribution in [0.15, 0.2) is 60.7 Å². The smallest absolute Gasteiger partial charge is 0.321 e. The first kappa shape index (κ1) is 18.2. The predicted octanol–water partition coefficient (Wildman–Crippen LogP) is 2.46. The minimum absolute atomic E-state index is 0.198. The lowest BCUT2D eigenvalue weighted by molar-refractivity contribution is -0.901. The van der Waals surface area contributed by atoms with E-state index in [1.54, 1.807) is 0 Å². The van der Waals surface area contributed by atoms with Gasteiger partial charge in [0.2, 0.25) is 0 Å². The summed E-state index contributed by atoms with van der Waals surface area (Å²) in [6.07, 6.45) is 0. The van der Waals surface area contributed by atoms with Gasteiger partial charge in [-0.05, 0) is 31.9 Å². The molecule has 1 unspecified atom stereocenters. The molecule has 0 fully saturated rings. The maximum absolute atomic E-state index is 13.0. The van der Waals surface area contributed by atoms with Gasteiger partial charge in [-0.2, -0.15) is 0 Å². The van der Waals surface area contributed by atoms with Gasteiger partial charge in [-0.25, -0.2) is 0 Å². The third-order valence-corrected chi connectivity index (χ3v) is 4.83. The Morgan fingerprint density at radius 3 is 1.88 bits per heavy atom. The van der Waals surface area contributed by atoms with Crippen molar-refractivity contribution in [2.45, 2.75) is 32.2 Å². The summed E-state index contributed by atoms with van der Waals surface area (Å²) in [7, 11) is 2.12. The summed E-state index contributed by atoms with van der Waals surface area (Å²) >= 11 is 0. The minimum atomic E-state index is -0.797. The van der Waals surface area contributed by atoms with Crippen LogP contribution in [0.5, 0.6) is 0 Å². The van der Waals surface area contributed by atoms with E-state index < -0.39 is 5.41 Å². The molecule has 3 heteroatoms. The molecule has 2 rings (SSSR count). The molecule has 0 heterocycles. The Balaban J connectivity index is 2.22. The average molecular weight is 326 g/mol. The van der Waals surface area contributed by atoms with Crippen LogP contribution in [-0.2, 0) is 14.9 Å². The molecule has 128 valence electrons. The van der Waals surface area contributed by atoms with E-state index in [9.17, 15) is 4.79 Å². The van der Waals surface area contributed by atoms with Crippen LogP contribution in [0.4, 0.5) is 0 Å². The quantitative estimate of drug-likeness (QED) is 0.793. The van der Waals surface area contributed by atoms with Gasteiger partial charge in [0.05, 0.1) is 13.1 Å². The highest BCUT2D eigenvalue weighted by molar-refractivity contribution is 5.87. The molecule has 0 amide bonds.